The van der Waals surface area contributed by atoms with Gasteiger partial charge in [-0.25, -0.2) is 4.98 Å². The van der Waals surface area contributed by atoms with Crippen LogP contribution in [0.5, 0.6) is 0 Å². The van der Waals surface area contributed by atoms with E-state index in [1.54, 1.807) is 6.20 Å². The van der Waals surface area contributed by atoms with E-state index >= 15 is 0 Å². The fourth-order valence-corrected chi connectivity index (χ4v) is 3.10. The molecule has 0 aliphatic carbocycles. The van der Waals surface area contributed by atoms with Crippen molar-refractivity contribution in [3.63, 3.8) is 0 Å². The number of pyridine rings is 1. The number of hydrogen-bond acceptors (Lipinski definition) is 5. The fraction of sp³-hybridized carbons (Fsp3) is 0.348. The highest BCUT2D eigenvalue weighted by Crippen LogP contribution is 2.26. The molecule has 0 unspecified atom stereocenters. The van der Waals surface area contributed by atoms with Gasteiger partial charge in [-0.3, -0.25) is 4.98 Å². The molecule has 5 nitrogen and oxygen atoms in total. The zero-order valence-electron chi connectivity index (χ0n) is 17.5. The molecule has 0 atom stereocenters. The van der Waals surface area contributed by atoms with Crippen molar-refractivity contribution < 1.29 is 0 Å². The monoisotopic (exact) mass is 375 g/mol. The van der Waals surface area contributed by atoms with Gasteiger partial charge in [0.15, 0.2) is 0 Å². The maximum Gasteiger partial charge on any atom is 0.225 e. The predicted molar refractivity (Wildman–Crippen MR) is 117 cm³/mol. The van der Waals surface area contributed by atoms with Crippen LogP contribution in [0.1, 0.15) is 51.7 Å². The number of benzene rings is 1. The van der Waals surface area contributed by atoms with Crippen molar-refractivity contribution >= 4 is 17.5 Å². The lowest BCUT2D eigenvalue weighted by atomic mass is 9.98. The number of rotatable bonds is 5. The zero-order chi connectivity index (χ0) is 20.3. The van der Waals surface area contributed by atoms with Gasteiger partial charge >= 0.3 is 0 Å². The molecule has 0 saturated carbocycles. The molecule has 28 heavy (non-hydrogen) atoms. The van der Waals surface area contributed by atoms with Gasteiger partial charge in [0, 0.05) is 23.5 Å². The minimum absolute atomic E-state index is 0.143. The third kappa shape index (κ3) is 5.06. The van der Waals surface area contributed by atoms with Crippen molar-refractivity contribution in [1.29, 1.82) is 0 Å². The molecular formula is C23H29N5. The number of nitrogens with one attached hydrogen (secondary N) is 2. The largest absolute Gasteiger partial charge is 0.350 e. The Morgan fingerprint density at radius 1 is 0.929 bits per heavy atom. The lowest BCUT2D eigenvalue weighted by molar-refractivity contribution is 0.626. The smallest absolute Gasteiger partial charge is 0.225 e. The molecule has 0 radical (unpaired) electrons. The summed E-state index contributed by atoms with van der Waals surface area (Å²) in [5.41, 5.74) is 5.09. The first-order valence-corrected chi connectivity index (χ1v) is 9.67. The third-order valence-corrected chi connectivity index (χ3v) is 4.30. The van der Waals surface area contributed by atoms with Crippen molar-refractivity contribution in [3.8, 4) is 11.4 Å². The first-order valence-electron chi connectivity index (χ1n) is 9.67. The van der Waals surface area contributed by atoms with E-state index in [0.29, 0.717) is 11.9 Å². The normalized spacial score (nSPS) is 11.5. The summed E-state index contributed by atoms with van der Waals surface area (Å²) in [4.78, 5) is 13.8. The molecule has 2 heterocycles. The number of aryl methyl sites for hydroxylation is 1. The molecule has 0 fully saturated rings. The summed E-state index contributed by atoms with van der Waals surface area (Å²) >= 11 is 0. The molecule has 1 aromatic carbocycles. The molecular weight excluding hydrogens is 346 g/mol. The van der Waals surface area contributed by atoms with Crippen LogP contribution in [0.15, 0.2) is 48.7 Å². The SMILES string of the molecule is Cc1cc(Nc2cc(-c3ccccn3)nc(NC(C)(C)C)n2)ccc1C(C)C. The molecule has 3 rings (SSSR count). The van der Waals surface area contributed by atoms with E-state index in [0.717, 1.165) is 22.9 Å². The van der Waals surface area contributed by atoms with Gasteiger partial charge in [-0.1, -0.05) is 26.0 Å². The molecule has 0 amide bonds. The van der Waals surface area contributed by atoms with Gasteiger partial charge in [-0.05, 0) is 69.0 Å². The van der Waals surface area contributed by atoms with Crippen LogP contribution in [0.3, 0.4) is 0 Å². The van der Waals surface area contributed by atoms with Gasteiger partial charge in [-0.2, -0.15) is 4.98 Å². The molecule has 5 heteroatoms. The number of nitrogens with zero attached hydrogens (tertiary/aromatic N) is 3. The van der Waals surface area contributed by atoms with E-state index in [1.807, 2.05) is 24.3 Å². The van der Waals surface area contributed by atoms with Gasteiger partial charge in [0.2, 0.25) is 5.95 Å². The van der Waals surface area contributed by atoms with Crippen LogP contribution < -0.4 is 10.6 Å². The molecule has 0 spiro atoms. The Labute approximate surface area is 167 Å². The lowest BCUT2D eigenvalue weighted by Gasteiger charge is -2.21. The van der Waals surface area contributed by atoms with E-state index in [1.165, 1.54) is 11.1 Å². The Bertz CT molecular complexity index is 943. The maximum absolute atomic E-state index is 4.67. The van der Waals surface area contributed by atoms with Gasteiger partial charge in [0.25, 0.3) is 0 Å². The standard InChI is InChI=1S/C23H29N5/c1-15(2)18-11-10-17(13-16(18)3)25-21-14-20(19-9-7-8-12-24-19)26-22(27-21)28-23(4,5)6/h7-15H,1-6H3,(H2,25,26,27,28). The topological polar surface area (TPSA) is 62.7 Å². The van der Waals surface area contributed by atoms with Gasteiger partial charge in [-0.15, -0.1) is 0 Å². The van der Waals surface area contributed by atoms with Crippen LogP contribution in [0.2, 0.25) is 0 Å². The Morgan fingerprint density at radius 2 is 1.71 bits per heavy atom. The van der Waals surface area contributed by atoms with Crippen LogP contribution in [-0.4, -0.2) is 20.5 Å². The van der Waals surface area contributed by atoms with Gasteiger partial charge < -0.3 is 10.6 Å². The van der Waals surface area contributed by atoms with E-state index in [4.69, 9.17) is 0 Å². The molecule has 2 N–H and O–H groups in total. The summed E-state index contributed by atoms with van der Waals surface area (Å²) in [5, 5.41) is 6.79. The van der Waals surface area contributed by atoms with Crippen LogP contribution in [-0.2, 0) is 0 Å². The van der Waals surface area contributed by atoms with E-state index in [9.17, 15) is 0 Å². The first kappa shape index (κ1) is 19.8. The van der Waals surface area contributed by atoms with Crippen LogP contribution in [0.25, 0.3) is 11.4 Å². The number of aromatic nitrogens is 3. The second-order valence-corrected chi connectivity index (χ2v) is 8.40. The van der Waals surface area contributed by atoms with E-state index < -0.39 is 0 Å². The van der Waals surface area contributed by atoms with Crippen molar-refractivity contribution in [1.82, 2.24) is 15.0 Å². The first-order chi connectivity index (χ1) is 13.2. The Balaban J connectivity index is 1.97. The molecule has 3 aromatic rings. The molecule has 146 valence electrons. The van der Waals surface area contributed by atoms with Crippen LogP contribution >= 0.6 is 0 Å². The van der Waals surface area contributed by atoms with Crippen molar-refractivity contribution in [3.05, 3.63) is 59.8 Å². The summed E-state index contributed by atoms with van der Waals surface area (Å²) in [6.45, 7) is 12.8. The highest BCUT2D eigenvalue weighted by molar-refractivity contribution is 5.66. The quantitative estimate of drug-likeness (QED) is 0.579. The summed E-state index contributed by atoms with van der Waals surface area (Å²) in [7, 11) is 0. The highest BCUT2D eigenvalue weighted by atomic mass is 15.2. The average Bonchev–Trinajstić information content (AvgIpc) is 2.60. The molecule has 0 saturated heterocycles. The Kier molecular flexibility index (Phi) is 5.63. The molecule has 2 aromatic heterocycles. The lowest BCUT2D eigenvalue weighted by Crippen LogP contribution is -2.27. The second-order valence-electron chi connectivity index (χ2n) is 8.40. The number of anilines is 3. The highest BCUT2D eigenvalue weighted by Gasteiger charge is 2.14. The summed E-state index contributed by atoms with van der Waals surface area (Å²) in [6, 6.07) is 14.2. The summed E-state index contributed by atoms with van der Waals surface area (Å²) in [6.07, 6.45) is 1.77. The zero-order valence-corrected chi connectivity index (χ0v) is 17.5. The Hall–Kier alpha value is -2.95. The number of hydrogen-bond donors (Lipinski definition) is 2. The van der Waals surface area contributed by atoms with E-state index in [-0.39, 0.29) is 5.54 Å². The average molecular weight is 376 g/mol. The minimum atomic E-state index is -0.143. The third-order valence-electron chi connectivity index (χ3n) is 4.30. The Morgan fingerprint density at radius 3 is 2.32 bits per heavy atom. The minimum Gasteiger partial charge on any atom is -0.350 e. The summed E-state index contributed by atoms with van der Waals surface area (Å²) < 4.78 is 0. The molecule has 0 aliphatic heterocycles. The van der Waals surface area contributed by atoms with Gasteiger partial charge in [0.05, 0.1) is 11.4 Å². The second kappa shape index (κ2) is 7.97. The van der Waals surface area contributed by atoms with Crippen molar-refractivity contribution in [2.24, 2.45) is 0 Å². The fourth-order valence-electron chi connectivity index (χ4n) is 3.10. The maximum atomic E-state index is 4.67. The van der Waals surface area contributed by atoms with Crippen LogP contribution in [0, 0.1) is 6.92 Å². The van der Waals surface area contributed by atoms with Gasteiger partial charge in [0.1, 0.15) is 5.82 Å². The van der Waals surface area contributed by atoms with E-state index in [2.05, 4.69) is 85.3 Å². The summed E-state index contributed by atoms with van der Waals surface area (Å²) in [5.74, 6) is 1.82. The molecule has 0 bridgehead atoms. The van der Waals surface area contributed by atoms with Crippen LogP contribution in [0.4, 0.5) is 17.5 Å². The van der Waals surface area contributed by atoms with Crippen molar-refractivity contribution in [2.75, 3.05) is 10.6 Å². The van der Waals surface area contributed by atoms with Crippen molar-refractivity contribution in [2.45, 2.75) is 53.0 Å². The molecule has 0 aliphatic rings. The predicted octanol–water partition coefficient (Wildman–Crippen LogP) is 5.92.